The maximum Gasteiger partial charge on any atom is 0.416 e. The summed E-state index contributed by atoms with van der Waals surface area (Å²) in [7, 11) is 0. The number of carbonyl (C=O) groups is 1. The van der Waals surface area contributed by atoms with E-state index in [1.54, 1.807) is 13.0 Å². The number of nitrogens with one attached hydrogen (secondary N) is 2. The summed E-state index contributed by atoms with van der Waals surface area (Å²) in [5.74, 6) is -0.253. The van der Waals surface area contributed by atoms with Gasteiger partial charge in [0.1, 0.15) is 23.7 Å². The predicted molar refractivity (Wildman–Crippen MR) is 119 cm³/mol. The standard InChI is InChI=1S/C23H28F3N5O3/c1-12-8-20(30-31-21(12)17-6-2-13(9-19(17)32)23(24,25)26)29-15-4-7-18(28-11-15)22(33)34-16-5-3-14(27)10-16/h2,6,8-9,14-16,18,28,32H,3-5,7,10-11,27H2,1H3,(H,29,30)/t14-,15-,16-,18+/m1/s1. The van der Waals surface area contributed by atoms with Crippen molar-refractivity contribution in [2.24, 2.45) is 5.73 Å². The highest BCUT2D eigenvalue weighted by atomic mass is 19.4. The van der Waals surface area contributed by atoms with E-state index in [1.165, 1.54) is 6.07 Å². The van der Waals surface area contributed by atoms with Crippen LogP contribution in [0.3, 0.4) is 0 Å². The number of phenols is 1. The van der Waals surface area contributed by atoms with Gasteiger partial charge in [-0.1, -0.05) is 0 Å². The number of alkyl halides is 3. The smallest absolute Gasteiger partial charge is 0.416 e. The van der Waals surface area contributed by atoms with Crippen LogP contribution in [0.2, 0.25) is 0 Å². The number of halogens is 3. The van der Waals surface area contributed by atoms with E-state index in [-0.39, 0.29) is 35.8 Å². The van der Waals surface area contributed by atoms with E-state index in [2.05, 4.69) is 20.8 Å². The van der Waals surface area contributed by atoms with Crippen molar-refractivity contribution in [1.29, 1.82) is 0 Å². The Bertz CT molecular complexity index is 1040. The van der Waals surface area contributed by atoms with Crippen molar-refractivity contribution in [3.63, 3.8) is 0 Å². The van der Waals surface area contributed by atoms with Gasteiger partial charge in [0.15, 0.2) is 0 Å². The lowest BCUT2D eigenvalue weighted by Gasteiger charge is -2.30. The maximum absolute atomic E-state index is 12.8. The fourth-order valence-electron chi connectivity index (χ4n) is 4.45. The number of anilines is 1. The molecule has 1 aliphatic carbocycles. The van der Waals surface area contributed by atoms with Crippen LogP contribution < -0.4 is 16.4 Å². The summed E-state index contributed by atoms with van der Waals surface area (Å²) in [5, 5.41) is 24.8. The monoisotopic (exact) mass is 479 g/mol. The predicted octanol–water partition coefficient (Wildman–Crippen LogP) is 3.13. The van der Waals surface area contributed by atoms with Crippen molar-refractivity contribution in [2.75, 3.05) is 11.9 Å². The number of carbonyl (C=O) groups excluding carboxylic acids is 1. The molecule has 0 amide bonds. The molecular weight excluding hydrogens is 451 g/mol. The van der Waals surface area contributed by atoms with Crippen LogP contribution in [0.4, 0.5) is 19.0 Å². The number of benzene rings is 1. The van der Waals surface area contributed by atoms with Crippen molar-refractivity contribution >= 4 is 11.8 Å². The third-order valence-electron chi connectivity index (χ3n) is 6.32. The Labute approximate surface area is 195 Å². The van der Waals surface area contributed by atoms with Crippen LogP contribution in [0.5, 0.6) is 5.75 Å². The quantitative estimate of drug-likeness (QED) is 0.483. The summed E-state index contributed by atoms with van der Waals surface area (Å²) in [4.78, 5) is 12.4. The molecule has 0 unspecified atom stereocenters. The number of nitrogens with two attached hydrogens (primary N) is 1. The molecule has 8 nitrogen and oxygen atoms in total. The number of nitrogens with zero attached hydrogens (tertiary/aromatic N) is 2. The van der Waals surface area contributed by atoms with Gasteiger partial charge in [0, 0.05) is 24.2 Å². The Balaban J connectivity index is 1.33. The number of esters is 1. The second-order valence-electron chi connectivity index (χ2n) is 9.00. The zero-order valence-electron chi connectivity index (χ0n) is 18.7. The summed E-state index contributed by atoms with van der Waals surface area (Å²) in [6.45, 7) is 2.28. The lowest BCUT2D eigenvalue weighted by molar-refractivity contribution is -0.152. The number of aryl methyl sites for hydroxylation is 1. The lowest BCUT2D eigenvalue weighted by Crippen LogP contribution is -2.49. The van der Waals surface area contributed by atoms with Gasteiger partial charge in [0.2, 0.25) is 0 Å². The SMILES string of the molecule is Cc1cc(N[C@@H]2CC[C@@H](C(=O)O[C@@H]3CC[C@@H](N)C3)NC2)nnc1-c1ccc(C(F)(F)F)cc1O. The molecule has 2 aliphatic rings. The molecule has 2 aromatic rings. The Morgan fingerprint density at radius 2 is 2.00 bits per heavy atom. The molecule has 11 heteroatoms. The molecule has 1 saturated carbocycles. The average molecular weight is 480 g/mol. The van der Waals surface area contributed by atoms with Crippen LogP contribution in [0.15, 0.2) is 24.3 Å². The second kappa shape index (κ2) is 9.75. The zero-order chi connectivity index (χ0) is 24.5. The topological polar surface area (TPSA) is 122 Å². The molecule has 1 saturated heterocycles. The first-order valence-electron chi connectivity index (χ1n) is 11.3. The molecule has 0 spiro atoms. The van der Waals surface area contributed by atoms with E-state index in [9.17, 15) is 23.1 Å². The van der Waals surface area contributed by atoms with Gasteiger partial charge in [-0.05, 0) is 68.9 Å². The van der Waals surface area contributed by atoms with Gasteiger partial charge in [-0.15, -0.1) is 10.2 Å². The second-order valence-corrected chi connectivity index (χ2v) is 9.00. The summed E-state index contributed by atoms with van der Waals surface area (Å²) in [6, 6.07) is 4.26. The Kier molecular flexibility index (Phi) is 6.94. The van der Waals surface area contributed by atoms with Crippen LogP contribution in [-0.2, 0) is 15.7 Å². The van der Waals surface area contributed by atoms with Crippen LogP contribution in [0.25, 0.3) is 11.3 Å². The van der Waals surface area contributed by atoms with Crippen molar-refractivity contribution in [3.8, 4) is 17.0 Å². The van der Waals surface area contributed by atoms with E-state index in [0.717, 1.165) is 25.3 Å². The lowest BCUT2D eigenvalue weighted by atomic mass is 10.0. The molecule has 0 radical (unpaired) electrons. The highest BCUT2D eigenvalue weighted by molar-refractivity contribution is 5.76. The van der Waals surface area contributed by atoms with E-state index in [4.69, 9.17) is 10.5 Å². The fraction of sp³-hybridized carbons (Fsp3) is 0.522. The number of phenolic OH excluding ortho intramolecular Hbond substituents is 1. The van der Waals surface area contributed by atoms with Crippen LogP contribution in [0.1, 0.15) is 43.2 Å². The first-order valence-corrected chi connectivity index (χ1v) is 11.3. The number of rotatable bonds is 5. The van der Waals surface area contributed by atoms with Crippen LogP contribution in [-0.4, -0.2) is 52.0 Å². The number of aromatic hydroxyl groups is 1. The first kappa shape index (κ1) is 24.2. The van der Waals surface area contributed by atoms with Gasteiger partial charge in [-0.2, -0.15) is 13.2 Å². The average Bonchev–Trinajstić information content (AvgIpc) is 3.18. The van der Waals surface area contributed by atoms with Crippen LogP contribution >= 0.6 is 0 Å². The summed E-state index contributed by atoms with van der Waals surface area (Å²) in [5.41, 5.74) is 6.06. The molecule has 184 valence electrons. The maximum atomic E-state index is 12.8. The third-order valence-corrected chi connectivity index (χ3v) is 6.32. The van der Waals surface area contributed by atoms with Crippen molar-refractivity contribution in [2.45, 2.75) is 69.4 Å². The number of piperidine rings is 1. The largest absolute Gasteiger partial charge is 0.507 e. The summed E-state index contributed by atoms with van der Waals surface area (Å²) in [6.07, 6.45) is -0.916. The van der Waals surface area contributed by atoms with Gasteiger partial charge in [0.25, 0.3) is 0 Å². The summed E-state index contributed by atoms with van der Waals surface area (Å²) < 4.78 is 44.1. The summed E-state index contributed by atoms with van der Waals surface area (Å²) >= 11 is 0. The van der Waals surface area contributed by atoms with Crippen molar-refractivity contribution < 1.29 is 27.8 Å². The first-order chi connectivity index (χ1) is 16.1. The molecule has 2 heterocycles. The van der Waals surface area contributed by atoms with E-state index in [1.807, 2.05) is 0 Å². The molecule has 0 bridgehead atoms. The number of ether oxygens (including phenoxy) is 1. The molecule has 1 aromatic heterocycles. The van der Waals surface area contributed by atoms with Gasteiger partial charge < -0.3 is 26.2 Å². The van der Waals surface area contributed by atoms with Crippen LogP contribution in [0, 0.1) is 6.92 Å². The van der Waals surface area contributed by atoms with Crippen molar-refractivity contribution in [3.05, 3.63) is 35.4 Å². The van der Waals surface area contributed by atoms with Gasteiger partial charge >= 0.3 is 12.1 Å². The normalized spacial score (nSPS) is 25.2. The number of hydrogen-bond acceptors (Lipinski definition) is 8. The molecule has 34 heavy (non-hydrogen) atoms. The van der Waals surface area contributed by atoms with Gasteiger partial charge in [0.05, 0.1) is 11.3 Å². The van der Waals surface area contributed by atoms with Gasteiger partial charge in [-0.3, -0.25) is 4.79 Å². The minimum absolute atomic E-state index is 0.0166. The molecule has 1 aromatic carbocycles. The third kappa shape index (κ3) is 5.58. The highest BCUT2D eigenvalue weighted by Crippen LogP contribution is 2.37. The Hall–Kier alpha value is -2.92. The van der Waals surface area contributed by atoms with E-state index in [0.29, 0.717) is 42.5 Å². The minimum Gasteiger partial charge on any atom is -0.507 e. The fourth-order valence-corrected chi connectivity index (χ4v) is 4.45. The molecule has 1 aliphatic heterocycles. The number of hydrogen-bond donors (Lipinski definition) is 4. The van der Waals surface area contributed by atoms with E-state index < -0.39 is 17.5 Å². The number of aromatic nitrogens is 2. The minimum atomic E-state index is -4.54. The zero-order valence-corrected chi connectivity index (χ0v) is 18.7. The molecule has 4 rings (SSSR count). The molecule has 5 N–H and O–H groups in total. The van der Waals surface area contributed by atoms with Crippen molar-refractivity contribution in [1.82, 2.24) is 15.5 Å². The van der Waals surface area contributed by atoms with E-state index >= 15 is 0 Å². The Morgan fingerprint density at radius 1 is 1.21 bits per heavy atom. The molecule has 2 fully saturated rings. The molecule has 4 atom stereocenters. The Morgan fingerprint density at radius 3 is 2.59 bits per heavy atom. The highest BCUT2D eigenvalue weighted by Gasteiger charge is 2.32. The molecular formula is C23H28F3N5O3. The van der Waals surface area contributed by atoms with Gasteiger partial charge in [-0.25, -0.2) is 0 Å².